The van der Waals surface area contributed by atoms with Gasteiger partial charge in [0.2, 0.25) is 0 Å². The summed E-state index contributed by atoms with van der Waals surface area (Å²) in [5.74, 6) is -0.360. The topological polar surface area (TPSA) is 55.8 Å². The minimum Gasteiger partial charge on any atom is -0.463 e. The van der Waals surface area contributed by atoms with E-state index in [1.54, 1.807) is 14.0 Å². The van der Waals surface area contributed by atoms with Crippen molar-refractivity contribution in [3.8, 4) is 0 Å². The van der Waals surface area contributed by atoms with Crippen LogP contribution in [0.5, 0.6) is 0 Å². The van der Waals surface area contributed by atoms with Gasteiger partial charge < -0.3 is 14.4 Å². The van der Waals surface area contributed by atoms with Crippen molar-refractivity contribution in [2.24, 2.45) is 0 Å². The van der Waals surface area contributed by atoms with Gasteiger partial charge in [-0.25, -0.2) is 9.59 Å². The molecule has 0 bridgehead atoms. The van der Waals surface area contributed by atoms with E-state index in [-0.39, 0.29) is 5.97 Å². The van der Waals surface area contributed by atoms with Crippen LogP contribution in [-0.4, -0.2) is 42.8 Å². The first-order valence-electron chi connectivity index (χ1n) is 7.50. The maximum absolute atomic E-state index is 11.9. The van der Waals surface area contributed by atoms with Crippen molar-refractivity contribution in [1.82, 2.24) is 4.90 Å². The van der Waals surface area contributed by atoms with Gasteiger partial charge in [0.15, 0.2) is 0 Å². The van der Waals surface area contributed by atoms with Gasteiger partial charge in [0, 0.05) is 19.7 Å². The average Bonchev–Trinajstić information content (AvgIpc) is 2.33. The molecule has 0 aliphatic heterocycles. The second kappa shape index (κ2) is 9.42. The summed E-state index contributed by atoms with van der Waals surface area (Å²) in [5.41, 5.74) is 0.350. The highest BCUT2D eigenvalue weighted by atomic mass is 16.6. The van der Waals surface area contributed by atoms with Gasteiger partial charge in [-0.05, 0) is 46.1 Å². The average molecular weight is 299 g/mol. The number of nitrogens with zero attached hydrogens (tertiary/aromatic N) is 1. The quantitative estimate of drug-likeness (QED) is 0.533. The highest BCUT2D eigenvalue weighted by Gasteiger charge is 2.20. The number of unbranched alkanes of at least 4 members (excludes halogenated alkanes) is 1. The van der Waals surface area contributed by atoms with Crippen LogP contribution in [0.2, 0.25) is 0 Å². The molecule has 0 aliphatic carbocycles. The molecule has 0 radical (unpaired) electrons. The van der Waals surface area contributed by atoms with Gasteiger partial charge in [0.25, 0.3) is 0 Å². The van der Waals surface area contributed by atoms with E-state index in [0.717, 1.165) is 24.8 Å². The molecule has 5 heteroatoms. The number of likely N-dealkylation sites (N-methyl/N-ethyl adjacent to an activating group) is 1. The summed E-state index contributed by atoms with van der Waals surface area (Å²) in [4.78, 5) is 25.0. The van der Waals surface area contributed by atoms with E-state index in [9.17, 15) is 9.59 Å². The van der Waals surface area contributed by atoms with Crippen LogP contribution in [0.1, 0.15) is 53.9 Å². The van der Waals surface area contributed by atoms with Gasteiger partial charge in [-0.2, -0.15) is 0 Å². The molecular formula is C16H29NO4. The molecule has 5 nitrogen and oxygen atoms in total. The maximum atomic E-state index is 11.9. The highest BCUT2D eigenvalue weighted by molar-refractivity contribution is 5.83. The predicted molar refractivity (Wildman–Crippen MR) is 83.1 cm³/mol. The minimum absolute atomic E-state index is 0.346. The third-order valence-electron chi connectivity index (χ3n) is 2.61. The molecule has 1 amide bonds. The van der Waals surface area contributed by atoms with Crippen LogP contribution < -0.4 is 0 Å². The summed E-state index contributed by atoms with van der Waals surface area (Å²) >= 11 is 0. The lowest BCUT2D eigenvalue weighted by molar-refractivity contribution is -0.137. The van der Waals surface area contributed by atoms with Crippen LogP contribution in [0.25, 0.3) is 0 Å². The summed E-state index contributed by atoms with van der Waals surface area (Å²) < 4.78 is 10.2. The Balaban J connectivity index is 4.72. The molecule has 122 valence electrons. The molecule has 0 aromatic rings. The number of hydrogen-bond donors (Lipinski definition) is 0. The summed E-state index contributed by atoms with van der Waals surface area (Å²) in [7, 11) is 1.67. The molecule has 0 unspecified atom stereocenters. The van der Waals surface area contributed by atoms with Gasteiger partial charge in [-0.1, -0.05) is 13.3 Å². The molecule has 0 saturated heterocycles. The zero-order valence-corrected chi connectivity index (χ0v) is 14.2. The molecule has 0 fully saturated rings. The Hall–Kier alpha value is -1.52. The van der Waals surface area contributed by atoms with E-state index < -0.39 is 11.7 Å². The van der Waals surface area contributed by atoms with E-state index in [1.807, 2.05) is 20.8 Å². The first-order chi connectivity index (χ1) is 9.69. The molecule has 0 aromatic carbocycles. The fourth-order valence-electron chi connectivity index (χ4n) is 1.66. The van der Waals surface area contributed by atoms with Crippen molar-refractivity contribution >= 4 is 12.1 Å². The van der Waals surface area contributed by atoms with E-state index in [0.29, 0.717) is 13.2 Å². The number of ether oxygens (including phenoxy) is 2. The third-order valence-corrected chi connectivity index (χ3v) is 2.61. The monoisotopic (exact) mass is 299 g/mol. The van der Waals surface area contributed by atoms with Crippen LogP contribution in [0.4, 0.5) is 4.79 Å². The smallest absolute Gasteiger partial charge is 0.410 e. The molecule has 0 N–H and O–H groups in total. The van der Waals surface area contributed by atoms with Gasteiger partial charge in [0.05, 0.1) is 6.61 Å². The molecule has 0 rings (SSSR count). The number of carbonyl (C=O) groups excluding carboxylic acids is 2. The summed E-state index contributed by atoms with van der Waals surface area (Å²) in [6.45, 7) is 10.0. The van der Waals surface area contributed by atoms with Gasteiger partial charge in [-0.3, -0.25) is 0 Å². The number of amides is 1. The molecule has 0 atom stereocenters. The Morgan fingerprint density at radius 1 is 1.19 bits per heavy atom. The van der Waals surface area contributed by atoms with Crippen molar-refractivity contribution in [3.63, 3.8) is 0 Å². The van der Waals surface area contributed by atoms with Crippen molar-refractivity contribution in [2.45, 2.75) is 59.5 Å². The van der Waals surface area contributed by atoms with Crippen molar-refractivity contribution in [2.75, 3.05) is 20.2 Å². The number of esters is 1. The van der Waals surface area contributed by atoms with E-state index >= 15 is 0 Å². The third kappa shape index (κ3) is 9.93. The van der Waals surface area contributed by atoms with Crippen LogP contribution in [0.15, 0.2) is 11.6 Å². The molecule has 0 heterocycles. The fraction of sp³-hybridized carbons (Fsp3) is 0.750. The minimum atomic E-state index is -0.528. The Morgan fingerprint density at radius 2 is 1.81 bits per heavy atom. The van der Waals surface area contributed by atoms with Crippen LogP contribution >= 0.6 is 0 Å². The molecular weight excluding hydrogens is 270 g/mol. The van der Waals surface area contributed by atoms with Gasteiger partial charge in [-0.15, -0.1) is 0 Å². The zero-order valence-electron chi connectivity index (χ0n) is 14.2. The lowest BCUT2D eigenvalue weighted by Gasteiger charge is -2.25. The van der Waals surface area contributed by atoms with Gasteiger partial charge in [0.1, 0.15) is 5.60 Å². The zero-order chi connectivity index (χ0) is 16.5. The fourth-order valence-corrected chi connectivity index (χ4v) is 1.66. The van der Waals surface area contributed by atoms with Gasteiger partial charge >= 0.3 is 12.1 Å². The lowest BCUT2D eigenvalue weighted by atomic mass is 10.1. The molecule has 0 aromatic heterocycles. The Kier molecular flexibility index (Phi) is 8.74. The maximum Gasteiger partial charge on any atom is 0.410 e. The SMILES string of the molecule is CCCC/C(=C\C(=O)OCC)CN(C)C(=O)OC(C)(C)C. The standard InChI is InChI=1S/C16H29NO4/c1-7-9-10-13(11-14(18)20-8-2)12-17(6)15(19)21-16(3,4)5/h11H,7-10,12H2,1-6H3/b13-11+. The van der Waals surface area contributed by atoms with Crippen molar-refractivity contribution in [1.29, 1.82) is 0 Å². The van der Waals surface area contributed by atoms with Crippen LogP contribution in [0.3, 0.4) is 0 Å². The van der Waals surface area contributed by atoms with E-state index in [2.05, 4.69) is 6.92 Å². The van der Waals surface area contributed by atoms with Crippen molar-refractivity contribution < 1.29 is 19.1 Å². The number of rotatable bonds is 7. The predicted octanol–water partition coefficient (Wildman–Crippen LogP) is 3.53. The Morgan fingerprint density at radius 3 is 2.29 bits per heavy atom. The van der Waals surface area contributed by atoms with Crippen LogP contribution in [-0.2, 0) is 14.3 Å². The molecule has 0 spiro atoms. The largest absolute Gasteiger partial charge is 0.463 e. The molecule has 0 aliphatic rings. The van der Waals surface area contributed by atoms with Crippen molar-refractivity contribution in [3.05, 3.63) is 11.6 Å². The first kappa shape index (κ1) is 19.5. The second-order valence-electron chi connectivity index (χ2n) is 5.99. The molecule has 0 saturated carbocycles. The summed E-state index contributed by atoms with van der Waals surface area (Å²) in [6, 6.07) is 0. The first-order valence-corrected chi connectivity index (χ1v) is 7.50. The Bertz CT molecular complexity index is 369. The Labute approximate surface area is 128 Å². The van der Waals surface area contributed by atoms with E-state index in [1.165, 1.54) is 11.0 Å². The lowest BCUT2D eigenvalue weighted by Crippen LogP contribution is -2.35. The van der Waals surface area contributed by atoms with Crippen LogP contribution in [0, 0.1) is 0 Å². The normalized spacial score (nSPS) is 12.0. The second-order valence-corrected chi connectivity index (χ2v) is 5.99. The summed E-state index contributed by atoms with van der Waals surface area (Å²) in [6.07, 6.45) is 3.85. The number of carbonyl (C=O) groups is 2. The molecule has 21 heavy (non-hydrogen) atoms. The number of hydrogen-bond acceptors (Lipinski definition) is 4. The highest BCUT2D eigenvalue weighted by Crippen LogP contribution is 2.13. The summed E-state index contributed by atoms with van der Waals surface area (Å²) in [5, 5.41) is 0. The van der Waals surface area contributed by atoms with E-state index in [4.69, 9.17) is 9.47 Å².